The number of carboxylic acids is 1. The minimum Gasteiger partial charge on any atom is -0.480 e. The molecular formula is C7H14N2O3S. The summed E-state index contributed by atoms with van der Waals surface area (Å²) in [7, 11) is 0. The summed E-state index contributed by atoms with van der Waals surface area (Å²) in [5.41, 5.74) is 11.2. The Morgan fingerprint density at radius 2 is 2.23 bits per heavy atom. The Kier molecular flexibility index (Phi) is 6.56. The summed E-state index contributed by atoms with van der Waals surface area (Å²) in [6.07, 6.45) is 1.22. The van der Waals surface area contributed by atoms with Gasteiger partial charge < -0.3 is 16.6 Å². The van der Waals surface area contributed by atoms with Gasteiger partial charge in [0.15, 0.2) is 5.62 Å². The number of nitrogens with two attached hydrogens (primary N) is 2. The molecule has 0 saturated heterocycles. The van der Waals surface area contributed by atoms with Crippen molar-refractivity contribution < 1.29 is 14.7 Å². The summed E-state index contributed by atoms with van der Waals surface area (Å²) in [4.78, 5) is 20.7. The molecule has 0 aromatic rings. The Labute approximate surface area is 80.8 Å². The van der Waals surface area contributed by atoms with Crippen LogP contribution in [0.2, 0.25) is 0 Å². The van der Waals surface area contributed by atoms with Crippen LogP contribution in [0.5, 0.6) is 0 Å². The van der Waals surface area contributed by atoms with Crippen LogP contribution in [0, 0.1) is 0 Å². The van der Waals surface area contributed by atoms with Crippen LogP contribution in [-0.2, 0) is 9.59 Å². The topological polar surface area (TPSA) is 106 Å². The summed E-state index contributed by atoms with van der Waals surface area (Å²) in [5, 5.41) is 8.22. The number of aliphatic carboxylic acids is 1. The summed E-state index contributed by atoms with van der Waals surface area (Å²) in [6.45, 7) is 0.474. The number of carboxylic acid groups (broad SMARTS) is 1. The van der Waals surface area contributed by atoms with Crippen LogP contribution < -0.4 is 11.5 Å². The van der Waals surface area contributed by atoms with Gasteiger partial charge in [-0.1, -0.05) is 11.8 Å². The van der Waals surface area contributed by atoms with E-state index >= 15 is 0 Å². The Bertz CT molecular complexity index is 177. The van der Waals surface area contributed by atoms with Crippen molar-refractivity contribution in [3.05, 3.63) is 0 Å². The van der Waals surface area contributed by atoms with Gasteiger partial charge in [-0.25, -0.2) is 0 Å². The lowest BCUT2D eigenvalue weighted by molar-refractivity contribution is -0.138. The molecule has 0 amide bonds. The van der Waals surface area contributed by atoms with Crippen molar-refractivity contribution in [2.45, 2.75) is 24.1 Å². The fourth-order valence-corrected chi connectivity index (χ4v) is 1.61. The Morgan fingerprint density at radius 3 is 2.62 bits per heavy atom. The minimum absolute atomic E-state index is 0.376. The molecule has 0 spiro atoms. The van der Waals surface area contributed by atoms with Gasteiger partial charge in [-0.3, -0.25) is 9.59 Å². The van der Waals surface area contributed by atoms with Crippen LogP contribution in [0.25, 0.3) is 0 Å². The standard InChI is InChI=1S/C7H14N2O3S/c8-3-1-2-5(13-4-10)6(9)7(11)12/h4-6H,1-3,8-9H2,(H,11,12)/t5?,6-/m0/s1. The molecule has 0 aromatic carbocycles. The molecule has 5 nitrogen and oxygen atoms in total. The Hall–Kier alpha value is -0.590. The Balaban J connectivity index is 4.05. The molecule has 0 fully saturated rings. The van der Waals surface area contributed by atoms with E-state index < -0.39 is 12.0 Å². The van der Waals surface area contributed by atoms with Crippen molar-refractivity contribution in [1.29, 1.82) is 0 Å². The first kappa shape index (κ1) is 12.4. The number of rotatable bonds is 7. The van der Waals surface area contributed by atoms with Gasteiger partial charge in [0.05, 0.1) is 0 Å². The number of carbonyl (C=O) groups excluding carboxylic acids is 1. The van der Waals surface area contributed by atoms with Crippen molar-refractivity contribution >= 4 is 23.3 Å². The van der Waals surface area contributed by atoms with Gasteiger partial charge in [0.2, 0.25) is 0 Å². The minimum atomic E-state index is -1.09. The molecule has 0 radical (unpaired) electrons. The van der Waals surface area contributed by atoms with Crippen molar-refractivity contribution in [3.63, 3.8) is 0 Å². The van der Waals surface area contributed by atoms with Crippen LogP contribution >= 0.6 is 11.8 Å². The SMILES string of the molecule is NCCCC(SC=O)[C@H](N)C(=O)O. The third-order valence-corrected chi connectivity index (χ3v) is 2.60. The smallest absolute Gasteiger partial charge is 0.321 e. The monoisotopic (exact) mass is 206 g/mol. The molecule has 0 aliphatic carbocycles. The first-order valence-electron chi connectivity index (χ1n) is 3.91. The molecule has 0 aromatic heterocycles. The van der Waals surface area contributed by atoms with Crippen LogP contribution in [0.3, 0.4) is 0 Å². The molecule has 6 heteroatoms. The molecule has 0 aliphatic rings. The van der Waals surface area contributed by atoms with E-state index in [1.807, 2.05) is 0 Å². The van der Waals surface area contributed by atoms with E-state index in [0.717, 1.165) is 11.8 Å². The van der Waals surface area contributed by atoms with Gasteiger partial charge in [0.25, 0.3) is 0 Å². The Morgan fingerprint density at radius 1 is 1.62 bits per heavy atom. The van der Waals surface area contributed by atoms with Gasteiger partial charge in [-0.15, -0.1) is 0 Å². The average molecular weight is 206 g/mol. The van der Waals surface area contributed by atoms with Crippen LogP contribution in [0.4, 0.5) is 0 Å². The summed E-state index contributed by atoms with van der Waals surface area (Å²) < 4.78 is 0. The van der Waals surface area contributed by atoms with E-state index in [1.54, 1.807) is 0 Å². The maximum atomic E-state index is 10.5. The van der Waals surface area contributed by atoms with Gasteiger partial charge in [0.1, 0.15) is 6.04 Å². The van der Waals surface area contributed by atoms with E-state index in [-0.39, 0.29) is 5.25 Å². The fourth-order valence-electron chi connectivity index (χ4n) is 0.882. The zero-order chi connectivity index (χ0) is 10.3. The van der Waals surface area contributed by atoms with Crippen molar-refractivity contribution in [2.75, 3.05) is 6.54 Å². The molecular weight excluding hydrogens is 192 g/mol. The second kappa shape index (κ2) is 6.88. The van der Waals surface area contributed by atoms with E-state index in [0.29, 0.717) is 25.0 Å². The van der Waals surface area contributed by atoms with E-state index in [1.165, 1.54) is 0 Å². The number of thioether (sulfide) groups is 1. The van der Waals surface area contributed by atoms with E-state index in [2.05, 4.69) is 0 Å². The van der Waals surface area contributed by atoms with Crippen LogP contribution in [0.15, 0.2) is 0 Å². The maximum absolute atomic E-state index is 10.5. The lowest BCUT2D eigenvalue weighted by atomic mass is 10.1. The maximum Gasteiger partial charge on any atom is 0.321 e. The van der Waals surface area contributed by atoms with Gasteiger partial charge >= 0.3 is 5.97 Å². The molecule has 0 rings (SSSR count). The predicted molar refractivity (Wildman–Crippen MR) is 52.0 cm³/mol. The highest BCUT2D eigenvalue weighted by Gasteiger charge is 2.23. The van der Waals surface area contributed by atoms with E-state index in [9.17, 15) is 9.59 Å². The van der Waals surface area contributed by atoms with Gasteiger partial charge in [-0.2, -0.15) is 0 Å². The molecule has 0 saturated carbocycles. The van der Waals surface area contributed by atoms with Crippen molar-refractivity contribution in [3.8, 4) is 0 Å². The summed E-state index contributed by atoms with van der Waals surface area (Å²) in [6, 6.07) is -0.998. The van der Waals surface area contributed by atoms with E-state index in [4.69, 9.17) is 16.6 Å². The lowest BCUT2D eigenvalue weighted by Gasteiger charge is -2.16. The molecule has 0 aliphatic heterocycles. The van der Waals surface area contributed by atoms with Gasteiger partial charge in [0, 0.05) is 5.25 Å². The molecule has 0 heterocycles. The van der Waals surface area contributed by atoms with Crippen LogP contribution in [-0.4, -0.2) is 34.5 Å². The molecule has 0 bridgehead atoms. The second-order valence-electron chi connectivity index (χ2n) is 2.57. The lowest BCUT2D eigenvalue weighted by Crippen LogP contribution is -2.40. The summed E-state index contributed by atoms with van der Waals surface area (Å²) in [5.74, 6) is -1.09. The number of carbonyl (C=O) groups is 2. The third-order valence-electron chi connectivity index (χ3n) is 1.61. The third kappa shape index (κ3) is 4.87. The van der Waals surface area contributed by atoms with Gasteiger partial charge in [-0.05, 0) is 19.4 Å². The molecule has 76 valence electrons. The fraction of sp³-hybridized carbons (Fsp3) is 0.714. The highest BCUT2D eigenvalue weighted by atomic mass is 32.2. The highest BCUT2D eigenvalue weighted by Crippen LogP contribution is 2.16. The van der Waals surface area contributed by atoms with Crippen molar-refractivity contribution in [1.82, 2.24) is 0 Å². The first-order chi connectivity index (χ1) is 6.13. The van der Waals surface area contributed by atoms with Crippen molar-refractivity contribution in [2.24, 2.45) is 11.5 Å². The zero-order valence-electron chi connectivity index (χ0n) is 7.18. The molecule has 5 N–H and O–H groups in total. The largest absolute Gasteiger partial charge is 0.480 e. The molecule has 13 heavy (non-hydrogen) atoms. The number of hydrogen-bond acceptors (Lipinski definition) is 5. The first-order valence-corrected chi connectivity index (χ1v) is 4.85. The quantitative estimate of drug-likeness (QED) is 0.481. The molecule has 1 unspecified atom stereocenters. The average Bonchev–Trinajstić information content (AvgIpc) is 2.11. The number of hydrogen-bond donors (Lipinski definition) is 3. The summed E-state index contributed by atoms with van der Waals surface area (Å²) >= 11 is 0.911. The molecule has 2 atom stereocenters. The normalized spacial score (nSPS) is 14.9. The highest BCUT2D eigenvalue weighted by molar-refractivity contribution is 8.12. The van der Waals surface area contributed by atoms with Crippen LogP contribution in [0.1, 0.15) is 12.8 Å². The zero-order valence-corrected chi connectivity index (χ0v) is 8.00. The predicted octanol–water partition coefficient (Wildman–Crippen LogP) is -0.571. The second-order valence-corrected chi connectivity index (χ2v) is 3.64.